The smallest absolute Gasteiger partial charge is 0.131 e. The van der Waals surface area contributed by atoms with E-state index < -0.39 is 0 Å². The Hall–Kier alpha value is -3.45. The van der Waals surface area contributed by atoms with Crippen LogP contribution in [0.1, 0.15) is 0 Å². The molecule has 0 aliphatic heterocycles. The standard InChI is InChI=1S/C21H20N4O3/c1-26-11-12-28-18-8-10-19-15(13-18)3-9-20(22-19)21-14-25(24-23-21)16-4-6-17(27-2)7-5-16/h3-10,13-14H,11-12H2,1-2H3. The molecule has 0 fully saturated rings. The molecule has 0 N–H and O–H groups in total. The van der Waals surface area contributed by atoms with Gasteiger partial charge in [-0.3, -0.25) is 0 Å². The van der Waals surface area contributed by atoms with Crippen LogP contribution in [0.15, 0.2) is 60.8 Å². The second-order valence-electron chi connectivity index (χ2n) is 6.14. The Morgan fingerprint density at radius 3 is 2.46 bits per heavy atom. The molecule has 0 saturated heterocycles. The number of hydrogen-bond acceptors (Lipinski definition) is 6. The Labute approximate surface area is 162 Å². The molecule has 0 saturated carbocycles. The number of nitrogens with zero attached hydrogens (tertiary/aromatic N) is 4. The summed E-state index contributed by atoms with van der Waals surface area (Å²) in [6.45, 7) is 1.07. The minimum atomic E-state index is 0.516. The van der Waals surface area contributed by atoms with Crippen molar-refractivity contribution >= 4 is 10.9 Å². The summed E-state index contributed by atoms with van der Waals surface area (Å²) in [5, 5.41) is 9.47. The Kier molecular flexibility index (Phi) is 5.16. The molecule has 0 atom stereocenters. The molecular weight excluding hydrogens is 356 g/mol. The molecule has 2 heterocycles. The van der Waals surface area contributed by atoms with Crippen LogP contribution >= 0.6 is 0 Å². The average molecular weight is 376 g/mol. The zero-order chi connectivity index (χ0) is 19.3. The van der Waals surface area contributed by atoms with Gasteiger partial charge in [0, 0.05) is 12.5 Å². The molecule has 0 unspecified atom stereocenters. The Morgan fingerprint density at radius 2 is 1.68 bits per heavy atom. The molecule has 28 heavy (non-hydrogen) atoms. The molecule has 0 bridgehead atoms. The minimum Gasteiger partial charge on any atom is -0.497 e. The molecule has 0 aliphatic rings. The van der Waals surface area contributed by atoms with Gasteiger partial charge in [-0.25, -0.2) is 9.67 Å². The molecule has 4 rings (SSSR count). The van der Waals surface area contributed by atoms with E-state index in [-0.39, 0.29) is 0 Å². The lowest BCUT2D eigenvalue weighted by atomic mass is 10.2. The molecule has 7 heteroatoms. The highest BCUT2D eigenvalue weighted by molar-refractivity contribution is 5.82. The Morgan fingerprint density at radius 1 is 0.857 bits per heavy atom. The van der Waals surface area contributed by atoms with Crippen LogP contribution in [-0.2, 0) is 4.74 Å². The van der Waals surface area contributed by atoms with E-state index in [0.717, 1.165) is 33.8 Å². The lowest BCUT2D eigenvalue weighted by Gasteiger charge is -2.07. The molecule has 142 valence electrons. The summed E-state index contributed by atoms with van der Waals surface area (Å²) in [7, 11) is 3.29. The van der Waals surface area contributed by atoms with Crippen molar-refractivity contribution in [2.75, 3.05) is 27.4 Å². The third kappa shape index (κ3) is 3.79. The maximum absolute atomic E-state index is 5.65. The first-order valence-electron chi connectivity index (χ1n) is 8.86. The van der Waals surface area contributed by atoms with Gasteiger partial charge in [0.05, 0.1) is 36.8 Å². The molecule has 4 aromatic rings. The summed E-state index contributed by atoms with van der Waals surface area (Å²) in [6.07, 6.45) is 1.86. The van der Waals surface area contributed by atoms with E-state index >= 15 is 0 Å². The van der Waals surface area contributed by atoms with E-state index in [9.17, 15) is 0 Å². The number of pyridine rings is 1. The van der Waals surface area contributed by atoms with Crippen LogP contribution in [-0.4, -0.2) is 47.4 Å². The average Bonchev–Trinajstić information content (AvgIpc) is 3.24. The number of aromatic nitrogens is 4. The Balaban J connectivity index is 1.57. The first kappa shape index (κ1) is 17.9. The molecule has 0 spiro atoms. The number of rotatable bonds is 7. The third-order valence-corrected chi connectivity index (χ3v) is 4.31. The summed E-state index contributed by atoms with van der Waals surface area (Å²) in [4.78, 5) is 4.70. The van der Waals surface area contributed by atoms with Crippen molar-refractivity contribution in [3.8, 4) is 28.6 Å². The quantitative estimate of drug-likeness (QED) is 0.460. The van der Waals surface area contributed by atoms with Crippen molar-refractivity contribution < 1.29 is 14.2 Å². The highest BCUT2D eigenvalue weighted by Gasteiger charge is 2.08. The van der Waals surface area contributed by atoms with Crippen molar-refractivity contribution in [3.63, 3.8) is 0 Å². The van der Waals surface area contributed by atoms with Gasteiger partial charge in [0.1, 0.15) is 23.8 Å². The van der Waals surface area contributed by atoms with Crippen LogP contribution < -0.4 is 9.47 Å². The molecule has 2 aromatic carbocycles. The highest BCUT2D eigenvalue weighted by Crippen LogP contribution is 2.24. The van der Waals surface area contributed by atoms with E-state index in [2.05, 4.69) is 10.3 Å². The summed E-state index contributed by atoms with van der Waals surface area (Å²) in [6, 6.07) is 17.4. The molecular formula is C21H20N4O3. The molecule has 0 aliphatic carbocycles. The zero-order valence-electron chi connectivity index (χ0n) is 15.7. The fourth-order valence-corrected chi connectivity index (χ4v) is 2.82. The predicted octanol–water partition coefficient (Wildman–Crippen LogP) is 3.52. The van der Waals surface area contributed by atoms with Gasteiger partial charge in [-0.2, -0.15) is 0 Å². The van der Waals surface area contributed by atoms with E-state index in [1.165, 1.54) is 0 Å². The largest absolute Gasteiger partial charge is 0.497 e. The van der Waals surface area contributed by atoms with Crippen LogP contribution in [0.3, 0.4) is 0 Å². The second kappa shape index (κ2) is 8.06. The lowest BCUT2D eigenvalue weighted by molar-refractivity contribution is 0.146. The maximum atomic E-state index is 5.65. The number of ether oxygens (including phenoxy) is 3. The summed E-state index contributed by atoms with van der Waals surface area (Å²) >= 11 is 0. The number of methoxy groups -OCH3 is 2. The van der Waals surface area contributed by atoms with Gasteiger partial charge in [0.25, 0.3) is 0 Å². The van der Waals surface area contributed by atoms with Gasteiger partial charge in [-0.05, 0) is 48.5 Å². The SMILES string of the molecule is COCCOc1ccc2nc(-c3cn(-c4ccc(OC)cc4)nn3)ccc2c1. The van der Waals surface area contributed by atoms with Gasteiger partial charge >= 0.3 is 0 Å². The van der Waals surface area contributed by atoms with Crippen molar-refractivity contribution in [2.45, 2.75) is 0 Å². The summed E-state index contributed by atoms with van der Waals surface area (Å²) < 4.78 is 17.6. The van der Waals surface area contributed by atoms with Crippen LogP contribution in [0.2, 0.25) is 0 Å². The number of hydrogen-bond donors (Lipinski definition) is 0. The van der Waals surface area contributed by atoms with Crippen molar-refractivity contribution in [2.24, 2.45) is 0 Å². The summed E-state index contributed by atoms with van der Waals surface area (Å²) in [5.74, 6) is 1.59. The normalized spacial score (nSPS) is 10.9. The van der Waals surface area contributed by atoms with E-state index in [0.29, 0.717) is 18.9 Å². The maximum Gasteiger partial charge on any atom is 0.131 e. The Bertz CT molecular complexity index is 1080. The monoisotopic (exact) mass is 376 g/mol. The van der Waals surface area contributed by atoms with Gasteiger partial charge in [-0.1, -0.05) is 11.3 Å². The van der Waals surface area contributed by atoms with Crippen molar-refractivity contribution in [1.82, 2.24) is 20.0 Å². The molecule has 2 aromatic heterocycles. The van der Waals surface area contributed by atoms with Gasteiger partial charge in [-0.15, -0.1) is 5.10 Å². The fraction of sp³-hybridized carbons (Fsp3) is 0.190. The molecule has 0 radical (unpaired) electrons. The first-order chi connectivity index (χ1) is 13.8. The second-order valence-corrected chi connectivity index (χ2v) is 6.14. The van der Waals surface area contributed by atoms with Gasteiger partial charge in [0.15, 0.2) is 0 Å². The first-order valence-corrected chi connectivity index (χ1v) is 8.86. The number of benzene rings is 2. The number of fused-ring (bicyclic) bond motifs is 1. The molecule has 0 amide bonds. The van der Waals surface area contributed by atoms with Crippen LogP contribution in [0, 0.1) is 0 Å². The summed E-state index contributed by atoms with van der Waals surface area (Å²) in [5.41, 5.74) is 3.24. The third-order valence-electron chi connectivity index (χ3n) is 4.31. The van der Waals surface area contributed by atoms with Gasteiger partial charge < -0.3 is 14.2 Å². The van der Waals surface area contributed by atoms with E-state index in [4.69, 9.17) is 19.2 Å². The molecule has 7 nitrogen and oxygen atoms in total. The van der Waals surface area contributed by atoms with Crippen LogP contribution in [0.4, 0.5) is 0 Å². The zero-order valence-corrected chi connectivity index (χ0v) is 15.7. The van der Waals surface area contributed by atoms with Crippen LogP contribution in [0.25, 0.3) is 28.0 Å². The van der Waals surface area contributed by atoms with E-state index in [1.807, 2.05) is 60.8 Å². The van der Waals surface area contributed by atoms with Crippen molar-refractivity contribution in [3.05, 3.63) is 60.8 Å². The minimum absolute atomic E-state index is 0.516. The van der Waals surface area contributed by atoms with Gasteiger partial charge in [0.2, 0.25) is 0 Å². The van der Waals surface area contributed by atoms with Crippen molar-refractivity contribution in [1.29, 1.82) is 0 Å². The topological polar surface area (TPSA) is 71.3 Å². The van der Waals surface area contributed by atoms with Crippen LogP contribution in [0.5, 0.6) is 11.5 Å². The van der Waals surface area contributed by atoms with E-state index in [1.54, 1.807) is 18.9 Å². The predicted molar refractivity (Wildman–Crippen MR) is 106 cm³/mol. The highest BCUT2D eigenvalue weighted by atomic mass is 16.5. The lowest BCUT2D eigenvalue weighted by Crippen LogP contribution is -2.04. The fourth-order valence-electron chi connectivity index (χ4n) is 2.82.